The van der Waals surface area contributed by atoms with Crippen LogP contribution in [0.3, 0.4) is 0 Å². The lowest BCUT2D eigenvalue weighted by Gasteiger charge is -2.19. The van der Waals surface area contributed by atoms with E-state index in [-0.39, 0.29) is 21.5 Å². The lowest BCUT2D eigenvalue weighted by Crippen LogP contribution is -2.14. The maximum Gasteiger partial charge on any atom is 0.416 e. The first-order chi connectivity index (χ1) is 12.3. The number of benzene rings is 2. The highest BCUT2D eigenvalue weighted by molar-refractivity contribution is 9.10. The molecule has 0 amide bonds. The fourth-order valence-corrected chi connectivity index (χ4v) is 4.58. The minimum atomic E-state index is -5.69. The highest BCUT2D eigenvalue weighted by Crippen LogP contribution is 2.60. The molecule has 0 unspecified atom stereocenters. The molecule has 0 saturated heterocycles. The molecule has 148 valence electrons. The van der Waals surface area contributed by atoms with Gasteiger partial charge in [-0.25, -0.2) is 0 Å². The lowest BCUT2D eigenvalue weighted by molar-refractivity contribution is -0.138. The van der Waals surface area contributed by atoms with Gasteiger partial charge in [0.05, 0.1) is 5.56 Å². The van der Waals surface area contributed by atoms with Crippen LogP contribution in [-0.4, -0.2) is 9.79 Å². The molecule has 0 saturated carbocycles. The number of thioether (sulfide) groups is 1. The number of hydrogen-bond acceptors (Lipinski definition) is 2. The van der Waals surface area contributed by atoms with Gasteiger partial charge in [-0.2, -0.15) is 33.7 Å². The van der Waals surface area contributed by atoms with Crippen molar-refractivity contribution >= 4 is 35.3 Å². The highest BCUT2D eigenvalue weighted by atomic mass is 79.9. The summed E-state index contributed by atoms with van der Waals surface area (Å²) in [5.41, 5.74) is -5.30. The van der Waals surface area contributed by atoms with Gasteiger partial charge >= 0.3 is 19.4 Å². The van der Waals surface area contributed by atoms with Gasteiger partial charge in [-0.1, -0.05) is 46.3 Å². The van der Waals surface area contributed by atoms with Crippen molar-refractivity contribution in [3.8, 4) is 0 Å². The SMILES string of the molecule is O=P(O)(O)C(F)(F)c1ccc(CSCc2ccccc2C(F)(F)F)cc1Br. The predicted molar refractivity (Wildman–Crippen MR) is 96.5 cm³/mol. The Morgan fingerprint density at radius 2 is 1.59 bits per heavy atom. The molecule has 2 N–H and O–H groups in total. The minimum absolute atomic E-state index is 0.0632. The molecule has 27 heavy (non-hydrogen) atoms. The summed E-state index contributed by atoms with van der Waals surface area (Å²) in [4.78, 5) is 17.6. The van der Waals surface area contributed by atoms with Crippen molar-refractivity contribution in [3.63, 3.8) is 0 Å². The molecule has 2 aromatic carbocycles. The van der Waals surface area contributed by atoms with Gasteiger partial charge in [0, 0.05) is 21.5 Å². The molecule has 0 aliphatic heterocycles. The molecule has 11 heteroatoms. The summed E-state index contributed by atoms with van der Waals surface area (Å²) in [5.74, 6) is 0.292. The molecular weight excluding hydrogens is 478 g/mol. The van der Waals surface area contributed by atoms with E-state index < -0.39 is 30.6 Å². The Bertz CT molecular complexity index is 869. The minimum Gasteiger partial charge on any atom is -0.320 e. The Kier molecular flexibility index (Phi) is 6.80. The van der Waals surface area contributed by atoms with E-state index in [9.17, 15) is 26.5 Å². The van der Waals surface area contributed by atoms with E-state index in [2.05, 4.69) is 15.9 Å². The van der Waals surface area contributed by atoms with Crippen LogP contribution in [0.4, 0.5) is 22.0 Å². The third-order valence-electron chi connectivity index (χ3n) is 3.57. The first-order valence-electron chi connectivity index (χ1n) is 7.29. The second-order valence-electron chi connectivity index (χ2n) is 5.55. The average Bonchev–Trinajstić information content (AvgIpc) is 2.53. The lowest BCUT2D eigenvalue weighted by atomic mass is 10.1. The van der Waals surface area contributed by atoms with Crippen LogP contribution in [0.2, 0.25) is 0 Å². The predicted octanol–water partition coefficient (Wildman–Crippen LogP) is 6.13. The van der Waals surface area contributed by atoms with Gasteiger partial charge in [0.25, 0.3) is 0 Å². The Morgan fingerprint density at radius 3 is 2.15 bits per heavy atom. The highest BCUT2D eigenvalue weighted by Gasteiger charge is 2.51. The third kappa shape index (κ3) is 5.32. The van der Waals surface area contributed by atoms with Crippen molar-refractivity contribution in [2.75, 3.05) is 0 Å². The molecule has 0 atom stereocenters. The smallest absolute Gasteiger partial charge is 0.320 e. The van der Waals surface area contributed by atoms with E-state index in [1.807, 2.05) is 0 Å². The van der Waals surface area contributed by atoms with Gasteiger partial charge in [0.1, 0.15) is 0 Å². The zero-order valence-corrected chi connectivity index (χ0v) is 16.7. The molecule has 0 bridgehead atoms. The van der Waals surface area contributed by atoms with Crippen molar-refractivity contribution in [1.29, 1.82) is 0 Å². The van der Waals surface area contributed by atoms with E-state index in [0.717, 1.165) is 23.9 Å². The van der Waals surface area contributed by atoms with E-state index in [4.69, 9.17) is 9.79 Å². The maximum absolute atomic E-state index is 13.8. The van der Waals surface area contributed by atoms with Gasteiger partial charge in [0.2, 0.25) is 0 Å². The van der Waals surface area contributed by atoms with Crippen LogP contribution in [0, 0.1) is 0 Å². The van der Waals surface area contributed by atoms with Crippen LogP contribution in [0.15, 0.2) is 46.9 Å². The zero-order chi connectivity index (χ0) is 20.5. The second kappa shape index (κ2) is 8.21. The van der Waals surface area contributed by atoms with E-state index in [0.29, 0.717) is 5.56 Å². The molecule has 0 heterocycles. The standard InChI is InChI=1S/C16H13BrF5O3PS/c17-14-7-10(5-6-13(14)16(21,22)26(23,24)25)8-27-9-11-3-1-2-4-12(11)15(18,19)20/h1-7H,8-9H2,(H2,23,24,25). The Morgan fingerprint density at radius 1 is 0.963 bits per heavy atom. The molecule has 2 rings (SSSR count). The molecule has 0 aliphatic rings. The molecule has 0 spiro atoms. The average molecular weight is 491 g/mol. The molecule has 0 aliphatic carbocycles. The maximum atomic E-state index is 13.8. The summed E-state index contributed by atoms with van der Waals surface area (Å²) in [6.45, 7) is 0. The van der Waals surface area contributed by atoms with E-state index in [1.165, 1.54) is 30.3 Å². The number of hydrogen-bond donors (Lipinski definition) is 2. The number of rotatable bonds is 6. The second-order valence-corrected chi connectivity index (χ2v) is 9.04. The van der Waals surface area contributed by atoms with Gasteiger partial charge in [0.15, 0.2) is 0 Å². The summed E-state index contributed by atoms with van der Waals surface area (Å²) >= 11 is 4.02. The molecule has 0 fully saturated rings. The largest absolute Gasteiger partial charge is 0.416 e. The quantitative estimate of drug-likeness (QED) is 0.377. The zero-order valence-electron chi connectivity index (χ0n) is 13.4. The van der Waals surface area contributed by atoms with Crippen LogP contribution in [-0.2, 0) is 27.9 Å². The van der Waals surface area contributed by atoms with Crippen molar-refractivity contribution in [2.45, 2.75) is 23.3 Å². The third-order valence-corrected chi connectivity index (χ3v) is 6.25. The monoisotopic (exact) mass is 490 g/mol. The molecule has 0 radical (unpaired) electrons. The van der Waals surface area contributed by atoms with Gasteiger partial charge < -0.3 is 9.79 Å². The summed E-state index contributed by atoms with van der Waals surface area (Å²) < 4.78 is 77.2. The Hall–Kier alpha value is -0.930. The van der Waals surface area contributed by atoms with Crippen LogP contribution in [0.25, 0.3) is 0 Å². The topological polar surface area (TPSA) is 57.5 Å². The fraction of sp³-hybridized carbons (Fsp3) is 0.250. The molecule has 3 nitrogen and oxygen atoms in total. The Balaban J connectivity index is 2.11. The normalized spacial score (nSPS) is 13.0. The first kappa shape index (κ1) is 22.4. The molecule has 2 aromatic rings. The number of halogens is 6. The fourth-order valence-electron chi connectivity index (χ4n) is 2.25. The van der Waals surface area contributed by atoms with Crippen LogP contribution >= 0.6 is 35.3 Å². The van der Waals surface area contributed by atoms with E-state index in [1.54, 1.807) is 0 Å². The van der Waals surface area contributed by atoms with Gasteiger partial charge in [-0.15, -0.1) is 0 Å². The van der Waals surface area contributed by atoms with Gasteiger partial charge in [-0.05, 0) is 23.3 Å². The van der Waals surface area contributed by atoms with Crippen molar-refractivity contribution in [2.24, 2.45) is 0 Å². The van der Waals surface area contributed by atoms with E-state index >= 15 is 0 Å². The van der Waals surface area contributed by atoms with Crippen molar-refractivity contribution in [3.05, 3.63) is 69.2 Å². The first-order valence-corrected chi connectivity index (χ1v) is 10.8. The van der Waals surface area contributed by atoms with Crippen LogP contribution < -0.4 is 0 Å². The van der Waals surface area contributed by atoms with Crippen molar-refractivity contribution < 1.29 is 36.3 Å². The summed E-state index contributed by atoms with van der Waals surface area (Å²) in [7, 11) is -5.69. The van der Waals surface area contributed by atoms with Crippen LogP contribution in [0.1, 0.15) is 22.3 Å². The summed E-state index contributed by atoms with van der Waals surface area (Å²) in [6, 6.07) is 8.58. The molecular formula is C16H13BrF5O3PS. The van der Waals surface area contributed by atoms with Crippen LogP contribution in [0.5, 0.6) is 0 Å². The number of alkyl halides is 5. The molecule has 0 aromatic heterocycles. The summed E-state index contributed by atoms with van der Waals surface area (Å²) in [5, 5.41) is 0. The van der Waals surface area contributed by atoms with Gasteiger partial charge in [-0.3, -0.25) is 4.57 Å². The summed E-state index contributed by atoms with van der Waals surface area (Å²) in [6.07, 6.45) is -4.46. The Labute approximate surface area is 164 Å². The van der Waals surface area contributed by atoms with Crippen molar-refractivity contribution in [1.82, 2.24) is 0 Å².